The average Bonchev–Trinajstić information content (AvgIpc) is 3.09. The SMILES string of the molecule is CC(C)(C)OC(=O)CO[C@H]1CC[C@H](NC(=O)c2cc3ccc(C#N)cc3[nH]2)CC1. The van der Waals surface area contributed by atoms with Gasteiger partial charge in [-0.25, -0.2) is 4.79 Å². The minimum atomic E-state index is -0.513. The van der Waals surface area contributed by atoms with Crippen molar-refractivity contribution in [3.8, 4) is 6.07 Å². The number of H-pyrrole nitrogens is 1. The second-order valence-electron chi connectivity index (χ2n) is 8.44. The molecule has 2 N–H and O–H groups in total. The first-order valence-electron chi connectivity index (χ1n) is 9.91. The van der Waals surface area contributed by atoms with Gasteiger partial charge in [0.25, 0.3) is 5.91 Å². The number of hydrogen-bond acceptors (Lipinski definition) is 5. The van der Waals surface area contributed by atoms with Crippen LogP contribution in [0.1, 0.15) is 62.5 Å². The van der Waals surface area contributed by atoms with Crippen molar-refractivity contribution in [1.82, 2.24) is 10.3 Å². The molecule has 0 bridgehead atoms. The van der Waals surface area contributed by atoms with Crippen LogP contribution in [-0.2, 0) is 14.3 Å². The Hall–Kier alpha value is -2.85. The lowest BCUT2D eigenvalue weighted by Crippen LogP contribution is -2.39. The Labute approximate surface area is 170 Å². The molecule has 0 aliphatic heterocycles. The van der Waals surface area contributed by atoms with Crippen LogP contribution in [0, 0.1) is 11.3 Å². The maximum absolute atomic E-state index is 12.6. The monoisotopic (exact) mass is 397 g/mol. The highest BCUT2D eigenvalue weighted by molar-refractivity contribution is 5.98. The number of nitrogens with zero attached hydrogens (tertiary/aromatic N) is 1. The van der Waals surface area contributed by atoms with E-state index in [0.29, 0.717) is 11.3 Å². The summed E-state index contributed by atoms with van der Waals surface area (Å²) in [5, 5.41) is 12.9. The van der Waals surface area contributed by atoms with Crippen molar-refractivity contribution in [2.45, 2.75) is 64.2 Å². The third-order valence-electron chi connectivity index (χ3n) is 4.86. The summed E-state index contributed by atoms with van der Waals surface area (Å²) in [5.74, 6) is -0.510. The molecule has 154 valence electrons. The number of ether oxygens (including phenoxy) is 2. The number of fused-ring (bicyclic) bond motifs is 1. The third kappa shape index (κ3) is 5.81. The smallest absolute Gasteiger partial charge is 0.332 e. The molecular formula is C22H27N3O4. The van der Waals surface area contributed by atoms with Crippen molar-refractivity contribution >= 4 is 22.8 Å². The van der Waals surface area contributed by atoms with Crippen LogP contribution in [0.2, 0.25) is 0 Å². The van der Waals surface area contributed by atoms with Crippen LogP contribution in [0.25, 0.3) is 10.9 Å². The zero-order valence-corrected chi connectivity index (χ0v) is 17.1. The van der Waals surface area contributed by atoms with Gasteiger partial charge in [0.1, 0.15) is 17.9 Å². The Bertz CT molecular complexity index is 928. The van der Waals surface area contributed by atoms with Crippen LogP contribution in [0.15, 0.2) is 24.3 Å². The standard InChI is InChI=1S/C22H27N3O4/c1-22(2,3)29-20(26)13-28-17-8-6-16(7-9-17)24-21(27)19-11-15-5-4-14(12-23)10-18(15)25-19/h4-5,10-11,16-17,25H,6-9,13H2,1-3H3,(H,24,27)/t16-,17-. The van der Waals surface area contributed by atoms with E-state index in [1.165, 1.54) is 0 Å². The van der Waals surface area contributed by atoms with Gasteiger partial charge in [-0.2, -0.15) is 5.26 Å². The number of esters is 1. The molecule has 2 aromatic rings. The summed E-state index contributed by atoms with van der Waals surface area (Å²) < 4.78 is 10.9. The van der Waals surface area contributed by atoms with E-state index in [4.69, 9.17) is 14.7 Å². The average molecular weight is 397 g/mol. The van der Waals surface area contributed by atoms with Crippen LogP contribution in [-0.4, -0.2) is 41.2 Å². The highest BCUT2D eigenvalue weighted by Gasteiger charge is 2.25. The highest BCUT2D eigenvalue weighted by Crippen LogP contribution is 2.23. The number of nitrogens with one attached hydrogen (secondary N) is 2. The number of nitriles is 1. The molecule has 1 aromatic heterocycles. The minimum absolute atomic E-state index is 0.00755. The lowest BCUT2D eigenvalue weighted by molar-refractivity contribution is -0.162. The first-order valence-corrected chi connectivity index (χ1v) is 9.91. The second-order valence-corrected chi connectivity index (χ2v) is 8.44. The third-order valence-corrected chi connectivity index (χ3v) is 4.86. The summed E-state index contributed by atoms with van der Waals surface area (Å²) in [6, 6.07) is 9.26. The number of carbonyl (C=O) groups excluding carboxylic acids is 2. The molecule has 1 aliphatic carbocycles. The topological polar surface area (TPSA) is 104 Å². The van der Waals surface area contributed by atoms with Crippen molar-refractivity contribution in [2.75, 3.05) is 6.61 Å². The first-order chi connectivity index (χ1) is 13.7. The molecule has 0 radical (unpaired) electrons. The van der Waals surface area contributed by atoms with Crippen LogP contribution in [0.4, 0.5) is 0 Å². The summed E-state index contributed by atoms with van der Waals surface area (Å²) in [6.07, 6.45) is 3.17. The van der Waals surface area contributed by atoms with Crippen LogP contribution in [0.5, 0.6) is 0 Å². The van der Waals surface area contributed by atoms with Crippen LogP contribution < -0.4 is 5.32 Å². The highest BCUT2D eigenvalue weighted by atomic mass is 16.6. The van der Waals surface area contributed by atoms with E-state index in [9.17, 15) is 9.59 Å². The molecule has 0 unspecified atom stereocenters. The van der Waals surface area contributed by atoms with Gasteiger partial charge in [0.15, 0.2) is 0 Å². The molecular weight excluding hydrogens is 370 g/mol. The largest absolute Gasteiger partial charge is 0.458 e. The summed E-state index contributed by atoms with van der Waals surface area (Å²) >= 11 is 0. The van der Waals surface area contributed by atoms with E-state index >= 15 is 0 Å². The molecule has 1 heterocycles. The maximum Gasteiger partial charge on any atom is 0.332 e. The number of amides is 1. The summed E-state index contributed by atoms with van der Waals surface area (Å²) in [5.41, 5.74) is 1.30. The Morgan fingerprint density at radius 3 is 2.59 bits per heavy atom. The number of benzene rings is 1. The molecule has 1 amide bonds. The summed E-state index contributed by atoms with van der Waals surface area (Å²) in [4.78, 5) is 27.4. The normalized spacial score (nSPS) is 19.5. The summed E-state index contributed by atoms with van der Waals surface area (Å²) in [7, 11) is 0. The Kier molecular flexibility index (Phi) is 6.23. The van der Waals surface area contributed by atoms with Gasteiger partial charge in [-0.1, -0.05) is 6.07 Å². The molecule has 7 heteroatoms. The molecule has 7 nitrogen and oxygen atoms in total. The van der Waals surface area contributed by atoms with Gasteiger partial charge in [0.05, 0.1) is 17.7 Å². The van der Waals surface area contributed by atoms with E-state index in [1.54, 1.807) is 18.2 Å². The molecule has 0 atom stereocenters. The summed E-state index contributed by atoms with van der Waals surface area (Å²) in [6.45, 7) is 5.44. The zero-order valence-electron chi connectivity index (χ0n) is 17.1. The van der Waals surface area contributed by atoms with E-state index in [-0.39, 0.29) is 30.6 Å². The molecule has 0 saturated heterocycles. The van der Waals surface area contributed by atoms with Gasteiger partial charge < -0.3 is 19.8 Å². The predicted molar refractivity (Wildman–Crippen MR) is 108 cm³/mol. The van der Waals surface area contributed by atoms with E-state index < -0.39 is 5.60 Å². The van der Waals surface area contributed by atoms with E-state index in [0.717, 1.165) is 36.6 Å². The van der Waals surface area contributed by atoms with Crippen molar-refractivity contribution in [3.63, 3.8) is 0 Å². The van der Waals surface area contributed by atoms with Crippen molar-refractivity contribution in [2.24, 2.45) is 0 Å². The van der Waals surface area contributed by atoms with E-state index in [2.05, 4.69) is 16.4 Å². The van der Waals surface area contributed by atoms with Crippen LogP contribution >= 0.6 is 0 Å². The van der Waals surface area contributed by atoms with Gasteiger partial charge >= 0.3 is 5.97 Å². The van der Waals surface area contributed by atoms with Gasteiger partial charge in [0, 0.05) is 16.9 Å². The molecule has 3 rings (SSSR count). The number of hydrogen-bond donors (Lipinski definition) is 2. The number of rotatable bonds is 5. The maximum atomic E-state index is 12.6. The molecule has 0 spiro atoms. The molecule has 29 heavy (non-hydrogen) atoms. The fourth-order valence-electron chi connectivity index (χ4n) is 3.51. The number of aromatic amines is 1. The van der Waals surface area contributed by atoms with Crippen molar-refractivity contribution in [1.29, 1.82) is 5.26 Å². The lowest BCUT2D eigenvalue weighted by atomic mass is 9.93. The Morgan fingerprint density at radius 1 is 1.21 bits per heavy atom. The minimum Gasteiger partial charge on any atom is -0.458 e. The van der Waals surface area contributed by atoms with Crippen LogP contribution in [0.3, 0.4) is 0 Å². The first kappa shape index (κ1) is 20.9. The fourth-order valence-corrected chi connectivity index (χ4v) is 3.51. The van der Waals surface area contributed by atoms with E-state index in [1.807, 2.05) is 26.8 Å². The molecule has 1 saturated carbocycles. The predicted octanol–water partition coefficient (Wildman–Crippen LogP) is 3.44. The Balaban J connectivity index is 1.46. The Morgan fingerprint density at radius 2 is 1.93 bits per heavy atom. The number of aromatic nitrogens is 1. The van der Waals surface area contributed by atoms with Crippen molar-refractivity contribution in [3.05, 3.63) is 35.5 Å². The van der Waals surface area contributed by atoms with Gasteiger partial charge in [-0.05, 0) is 64.7 Å². The van der Waals surface area contributed by atoms with Gasteiger partial charge in [-0.3, -0.25) is 4.79 Å². The fraction of sp³-hybridized carbons (Fsp3) is 0.500. The molecule has 1 aromatic carbocycles. The number of carbonyl (C=O) groups is 2. The van der Waals surface area contributed by atoms with Gasteiger partial charge in [-0.15, -0.1) is 0 Å². The second kappa shape index (κ2) is 8.66. The zero-order chi connectivity index (χ0) is 21.0. The molecule has 1 aliphatic rings. The lowest BCUT2D eigenvalue weighted by Gasteiger charge is -2.29. The van der Waals surface area contributed by atoms with Gasteiger partial charge in [0.2, 0.25) is 0 Å². The molecule has 1 fully saturated rings. The van der Waals surface area contributed by atoms with Crippen molar-refractivity contribution < 1.29 is 19.1 Å². The quantitative estimate of drug-likeness (QED) is 0.752.